The summed E-state index contributed by atoms with van der Waals surface area (Å²) in [6.07, 6.45) is 5.91. The number of carbonyl (C=O) groups is 2. The lowest BCUT2D eigenvalue weighted by molar-refractivity contribution is -0.128. The molecule has 0 bridgehead atoms. The van der Waals surface area contributed by atoms with Gasteiger partial charge in [-0.25, -0.2) is 4.79 Å². The summed E-state index contributed by atoms with van der Waals surface area (Å²) in [5.74, 6) is -0.0986. The van der Waals surface area contributed by atoms with Crippen LogP contribution in [0, 0.1) is 0 Å². The quantitative estimate of drug-likeness (QED) is 0.771. The molecule has 118 valence electrons. The third-order valence-electron chi connectivity index (χ3n) is 5.06. The summed E-state index contributed by atoms with van der Waals surface area (Å²) in [6.45, 7) is 2.94. The number of carbonyl (C=O) groups excluding carboxylic acids is 2. The number of amides is 3. The topological polar surface area (TPSA) is 61.9 Å². The first-order chi connectivity index (χ1) is 10.1. The van der Waals surface area contributed by atoms with Crippen LogP contribution in [0.25, 0.3) is 0 Å². The third-order valence-corrected chi connectivity index (χ3v) is 5.06. The van der Waals surface area contributed by atoms with Gasteiger partial charge in [0, 0.05) is 13.1 Å². The van der Waals surface area contributed by atoms with Crippen molar-refractivity contribution in [1.82, 2.24) is 15.1 Å². The normalized spacial score (nSPS) is 30.5. The van der Waals surface area contributed by atoms with Crippen molar-refractivity contribution in [2.75, 3.05) is 33.3 Å². The van der Waals surface area contributed by atoms with Crippen molar-refractivity contribution in [3.05, 3.63) is 0 Å². The number of hydrogen-bond donors (Lipinski definition) is 1. The van der Waals surface area contributed by atoms with E-state index in [1.165, 1.54) is 0 Å². The number of hydrogen-bond acceptors (Lipinski definition) is 4. The van der Waals surface area contributed by atoms with Gasteiger partial charge in [-0.3, -0.25) is 10.1 Å². The van der Waals surface area contributed by atoms with Crippen LogP contribution in [0.15, 0.2) is 0 Å². The molecule has 6 heteroatoms. The van der Waals surface area contributed by atoms with Crippen molar-refractivity contribution in [2.45, 2.75) is 50.2 Å². The van der Waals surface area contributed by atoms with Crippen molar-refractivity contribution in [3.8, 4) is 0 Å². The fourth-order valence-electron chi connectivity index (χ4n) is 3.85. The van der Waals surface area contributed by atoms with E-state index in [9.17, 15) is 9.59 Å². The highest BCUT2D eigenvalue weighted by molar-refractivity contribution is 6.07. The molecule has 3 rings (SSSR count). The Labute approximate surface area is 125 Å². The average Bonchev–Trinajstić information content (AvgIpc) is 2.64. The monoisotopic (exact) mass is 295 g/mol. The van der Waals surface area contributed by atoms with Gasteiger partial charge in [0.2, 0.25) is 0 Å². The van der Waals surface area contributed by atoms with Crippen LogP contribution in [0.4, 0.5) is 4.79 Å². The van der Waals surface area contributed by atoms with Crippen LogP contribution in [-0.2, 0) is 9.53 Å². The minimum absolute atomic E-state index is 0.000489. The Morgan fingerprint density at radius 2 is 1.95 bits per heavy atom. The number of likely N-dealkylation sites (N-methyl/N-ethyl adjacent to an activating group) is 1. The van der Waals surface area contributed by atoms with Gasteiger partial charge in [-0.15, -0.1) is 0 Å². The molecule has 0 radical (unpaired) electrons. The summed E-state index contributed by atoms with van der Waals surface area (Å²) >= 11 is 0. The molecular formula is C15H25N3O3. The van der Waals surface area contributed by atoms with E-state index < -0.39 is 5.54 Å². The van der Waals surface area contributed by atoms with Crippen molar-refractivity contribution >= 4 is 11.9 Å². The Morgan fingerprint density at radius 3 is 2.62 bits per heavy atom. The van der Waals surface area contributed by atoms with E-state index in [0.717, 1.165) is 51.6 Å². The number of morpholine rings is 1. The van der Waals surface area contributed by atoms with Gasteiger partial charge < -0.3 is 14.5 Å². The van der Waals surface area contributed by atoms with Gasteiger partial charge in [0.15, 0.2) is 0 Å². The van der Waals surface area contributed by atoms with E-state index in [0.29, 0.717) is 13.2 Å². The fourth-order valence-corrected chi connectivity index (χ4v) is 3.85. The molecule has 1 spiro atoms. The second kappa shape index (κ2) is 5.93. The van der Waals surface area contributed by atoms with E-state index in [-0.39, 0.29) is 18.0 Å². The molecule has 0 aromatic carbocycles. The molecule has 0 aromatic rings. The van der Waals surface area contributed by atoms with E-state index in [4.69, 9.17) is 4.74 Å². The lowest BCUT2D eigenvalue weighted by Gasteiger charge is -2.39. The maximum Gasteiger partial charge on any atom is 0.325 e. The Morgan fingerprint density at radius 1 is 1.24 bits per heavy atom. The van der Waals surface area contributed by atoms with Gasteiger partial charge in [0.1, 0.15) is 5.54 Å². The van der Waals surface area contributed by atoms with Crippen LogP contribution in [-0.4, -0.2) is 66.7 Å². The summed E-state index contributed by atoms with van der Waals surface area (Å²) in [7, 11) is 2.06. The third kappa shape index (κ3) is 2.79. The first-order valence-electron chi connectivity index (χ1n) is 8.05. The second-order valence-electron chi connectivity index (χ2n) is 6.57. The highest BCUT2D eigenvalue weighted by Crippen LogP contribution is 2.36. The zero-order valence-electron chi connectivity index (χ0n) is 12.8. The number of urea groups is 1. The van der Waals surface area contributed by atoms with Gasteiger partial charge in [0.25, 0.3) is 5.91 Å². The molecule has 21 heavy (non-hydrogen) atoms. The number of nitrogens with zero attached hydrogens (tertiary/aromatic N) is 2. The summed E-state index contributed by atoms with van der Waals surface area (Å²) in [5, 5.41) is 2.53. The van der Waals surface area contributed by atoms with Crippen molar-refractivity contribution in [2.24, 2.45) is 0 Å². The molecule has 2 saturated heterocycles. The molecular weight excluding hydrogens is 270 g/mol. The Balaban J connectivity index is 1.76. The number of nitrogens with one attached hydrogen (secondary N) is 1. The number of ether oxygens (including phenoxy) is 1. The molecule has 1 N–H and O–H groups in total. The molecule has 1 unspecified atom stereocenters. The SMILES string of the molecule is CN1CCOC(CN2C(=O)NC(=O)C23CCCCCC3)C1. The summed E-state index contributed by atoms with van der Waals surface area (Å²) in [4.78, 5) is 28.6. The van der Waals surface area contributed by atoms with Crippen LogP contribution in [0.2, 0.25) is 0 Å². The van der Waals surface area contributed by atoms with Crippen LogP contribution in [0.1, 0.15) is 38.5 Å². The highest BCUT2D eigenvalue weighted by atomic mass is 16.5. The second-order valence-corrected chi connectivity index (χ2v) is 6.57. The number of rotatable bonds is 2. The van der Waals surface area contributed by atoms with Crippen molar-refractivity contribution in [1.29, 1.82) is 0 Å². The highest BCUT2D eigenvalue weighted by Gasteiger charge is 2.52. The summed E-state index contributed by atoms with van der Waals surface area (Å²) in [6, 6.07) is -0.237. The fraction of sp³-hybridized carbons (Fsp3) is 0.867. The molecule has 3 fully saturated rings. The molecule has 2 aliphatic heterocycles. The minimum Gasteiger partial charge on any atom is -0.374 e. The van der Waals surface area contributed by atoms with Crippen molar-refractivity contribution < 1.29 is 14.3 Å². The molecule has 1 saturated carbocycles. The van der Waals surface area contributed by atoms with Crippen LogP contribution in [0.5, 0.6) is 0 Å². The largest absolute Gasteiger partial charge is 0.374 e. The predicted molar refractivity (Wildman–Crippen MR) is 77.9 cm³/mol. The number of imide groups is 1. The first kappa shape index (κ1) is 14.8. The maximum atomic E-state index is 12.4. The lowest BCUT2D eigenvalue weighted by Crippen LogP contribution is -2.54. The zero-order valence-corrected chi connectivity index (χ0v) is 12.8. The van der Waals surface area contributed by atoms with Crippen LogP contribution in [0.3, 0.4) is 0 Å². The molecule has 1 aliphatic carbocycles. The summed E-state index contributed by atoms with van der Waals surface area (Å²) < 4.78 is 5.78. The standard InChI is InChI=1S/C15H25N3O3/c1-17-8-9-21-12(10-17)11-18-14(20)16-13(19)15(18)6-4-2-3-5-7-15/h12H,2-11H2,1H3,(H,16,19,20). The Kier molecular flexibility index (Phi) is 4.17. The van der Waals surface area contributed by atoms with E-state index >= 15 is 0 Å². The Hall–Kier alpha value is -1.14. The molecule has 6 nitrogen and oxygen atoms in total. The Bertz CT molecular complexity index is 418. The van der Waals surface area contributed by atoms with Gasteiger partial charge in [-0.2, -0.15) is 0 Å². The van der Waals surface area contributed by atoms with E-state index in [1.807, 2.05) is 0 Å². The minimum atomic E-state index is -0.618. The van der Waals surface area contributed by atoms with Crippen molar-refractivity contribution in [3.63, 3.8) is 0 Å². The van der Waals surface area contributed by atoms with Gasteiger partial charge in [-0.05, 0) is 19.9 Å². The molecule has 0 aromatic heterocycles. The summed E-state index contributed by atoms with van der Waals surface area (Å²) in [5.41, 5.74) is -0.618. The smallest absolute Gasteiger partial charge is 0.325 e. The van der Waals surface area contributed by atoms with Gasteiger partial charge in [0.05, 0.1) is 19.3 Å². The molecule has 3 amide bonds. The average molecular weight is 295 g/mol. The molecule has 2 heterocycles. The zero-order chi connectivity index (χ0) is 14.9. The van der Waals surface area contributed by atoms with Crippen LogP contribution >= 0.6 is 0 Å². The maximum absolute atomic E-state index is 12.4. The predicted octanol–water partition coefficient (Wildman–Crippen LogP) is 0.962. The lowest BCUT2D eigenvalue weighted by atomic mass is 9.88. The van der Waals surface area contributed by atoms with Gasteiger partial charge in [-0.1, -0.05) is 25.7 Å². The molecule has 3 aliphatic rings. The molecule has 1 atom stereocenters. The van der Waals surface area contributed by atoms with E-state index in [2.05, 4.69) is 17.3 Å². The van der Waals surface area contributed by atoms with E-state index in [1.54, 1.807) is 4.90 Å². The van der Waals surface area contributed by atoms with Gasteiger partial charge >= 0.3 is 6.03 Å². The first-order valence-corrected chi connectivity index (χ1v) is 8.05. The van der Waals surface area contributed by atoms with Crippen LogP contribution < -0.4 is 5.32 Å².